The van der Waals surface area contributed by atoms with Crippen LogP contribution in [0.5, 0.6) is 5.75 Å². The van der Waals surface area contributed by atoms with Crippen LogP contribution in [0.25, 0.3) is 12.2 Å². The molecule has 1 fully saturated rings. The van der Waals surface area contributed by atoms with E-state index in [0.717, 1.165) is 18.9 Å². The number of pyridine rings is 1. The fraction of sp³-hybridized carbons (Fsp3) is 0.438. The number of rotatable bonds is 4. The van der Waals surface area contributed by atoms with Crippen molar-refractivity contribution in [3.63, 3.8) is 0 Å². The van der Waals surface area contributed by atoms with Gasteiger partial charge in [0.1, 0.15) is 0 Å². The molecule has 0 radical (unpaired) electrons. The van der Waals surface area contributed by atoms with Crippen molar-refractivity contribution >= 4 is 12.2 Å². The highest BCUT2D eigenvalue weighted by molar-refractivity contribution is 5.64. The standard InChI is InChI=1S/C16H21FN2O2/c1-11(17)9-13-14(19-10-15(20)16(13)21)7-8-18-12-5-3-2-4-6-12/h7-10,12,18,20H,2-6H2,1H3,(H,19,21)/b8-7+,11-9+. The summed E-state index contributed by atoms with van der Waals surface area (Å²) in [6.45, 7) is 1.26. The van der Waals surface area contributed by atoms with Crippen molar-refractivity contribution in [2.75, 3.05) is 0 Å². The number of nitrogens with one attached hydrogen (secondary N) is 2. The van der Waals surface area contributed by atoms with E-state index in [1.54, 1.807) is 12.3 Å². The second-order valence-corrected chi connectivity index (χ2v) is 5.40. The maximum atomic E-state index is 13.1. The SMILES string of the molecule is C/C(F)=C\c1c(/C=C/NC2CCCCC2)[nH]cc(O)c1=O. The first-order chi connectivity index (χ1) is 10.1. The summed E-state index contributed by atoms with van der Waals surface area (Å²) in [7, 11) is 0. The molecule has 0 bridgehead atoms. The largest absolute Gasteiger partial charge is 0.503 e. The average Bonchev–Trinajstić information content (AvgIpc) is 2.47. The molecule has 1 aromatic rings. The molecule has 2 rings (SSSR count). The van der Waals surface area contributed by atoms with E-state index in [1.807, 2.05) is 0 Å². The maximum absolute atomic E-state index is 13.1. The van der Waals surface area contributed by atoms with Crippen molar-refractivity contribution in [2.45, 2.75) is 45.1 Å². The molecule has 5 heteroatoms. The number of halogens is 1. The topological polar surface area (TPSA) is 65.1 Å². The van der Waals surface area contributed by atoms with Crippen LogP contribution in [-0.4, -0.2) is 16.1 Å². The molecule has 4 nitrogen and oxygen atoms in total. The molecule has 0 amide bonds. The summed E-state index contributed by atoms with van der Waals surface area (Å²) in [6.07, 6.45) is 11.9. The van der Waals surface area contributed by atoms with Crippen LogP contribution < -0.4 is 10.7 Å². The van der Waals surface area contributed by atoms with Gasteiger partial charge in [-0.25, -0.2) is 4.39 Å². The Morgan fingerprint density at radius 3 is 2.81 bits per heavy atom. The highest BCUT2D eigenvalue weighted by Gasteiger charge is 2.11. The van der Waals surface area contributed by atoms with Crippen molar-refractivity contribution in [3.8, 4) is 5.75 Å². The second kappa shape index (κ2) is 7.11. The molecule has 1 aliphatic carbocycles. The fourth-order valence-corrected chi connectivity index (χ4v) is 2.57. The van der Waals surface area contributed by atoms with Crippen LogP contribution >= 0.6 is 0 Å². The third-order valence-electron chi connectivity index (χ3n) is 3.66. The van der Waals surface area contributed by atoms with Gasteiger partial charge in [-0.1, -0.05) is 19.3 Å². The van der Waals surface area contributed by atoms with Gasteiger partial charge in [0.25, 0.3) is 0 Å². The molecule has 0 aliphatic heterocycles. The molecule has 1 saturated carbocycles. The van der Waals surface area contributed by atoms with Gasteiger partial charge in [0.2, 0.25) is 5.43 Å². The Hall–Kier alpha value is -2.04. The first-order valence-corrected chi connectivity index (χ1v) is 7.29. The lowest BCUT2D eigenvalue weighted by Gasteiger charge is -2.21. The molecule has 21 heavy (non-hydrogen) atoms. The van der Waals surface area contributed by atoms with Gasteiger partial charge in [-0.3, -0.25) is 4.79 Å². The first-order valence-electron chi connectivity index (χ1n) is 7.29. The Morgan fingerprint density at radius 2 is 2.14 bits per heavy atom. The van der Waals surface area contributed by atoms with Crippen molar-refractivity contribution in [1.29, 1.82) is 0 Å². The number of hydrogen-bond acceptors (Lipinski definition) is 3. The van der Waals surface area contributed by atoms with Crippen LogP contribution in [0.2, 0.25) is 0 Å². The summed E-state index contributed by atoms with van der Waals surface area (Å²) >= 11 is 0. The Balaban J connectivity index is 2.17. The maximum Gasteiger partial charge on any atom is 0.231 e. The van der Waals surface area contributed by atoms with Crippen LogP contribution in [0, 0.1) is 0 Å². The van der Waals surface area contributed by atoms with Gasteiger partial charge >= 0.3 is 0 Å². The Labute approximate surface area is 123 Å². The Kier molecular flexibility index (Phi) is 5.20. The van der Waals surface area contributed by atoms with E-state index in [-0.39, 0.29) is 5.56 Å². The van der Waals surface area contributed by atoms with Gasteiger partial charge < -0.3 is 15.4 Å². The van der Waals surface area contributed by atoms with E-state index >= 15 is 0 Å². The molecule has 0 unspecified atom stereocenters. The summed E-state index contributed by atoms with van der Waals surface area (Å²) in [5.41, 5.74) is 0.0119. The van der Waals surface area contributed by atoms with Crippen molar-refractivity contribution in [2.24, 2.45) is 0 Å². The number of aromatic amines is 1. The Bertz CT molecular complexity index is 595. The van der Waals surface area contributed by atoms with Crippen molar-refractivity contribution < 1.29 is 9.50 Å². The minimum atomic E-state index is -0.580. The van der Waals surface area contributed by atoms with Gasteiger partial charge in [-0.05, 0) is 38.1 Å². The van der Waals surface area contributed by atoms with E-state index in [2.05, 4.69) is 10.3 Å². The molecule has 1 aromatic heterocycles. The zero-order valence-electron chi connectivity index (χ0n) is 12.2. The molecule has 1 aliphatic rings. The summed E-state index contributed by atoms with van der Waals surface area (Å²) in [4.78, 5) is 14.7. The van der Waals surface area contributed by atoms with Crippen molar-refractivity contribution in [3.05, 3.63) is 39.7 Å². The smallest absolute Gasteiger partial charge is 0.231 e. The van der Waals surface area contributed by atoms with E-state index in [4.69, 9.17) is 0 Å². The van der Waals surface area contributed by atoms with Crippen molar-refractivity contribution in [1.82, 2.24) is 10.3 Å². The summed E-state index contributed by atoms with van der Waals surface area (Å²) < 4.78 is 13.1. The van der Waals surface area contributed by atoms with E-state index < -0.39 is 17.0 Å². The Morgan fingerprint density at radius 1 is 1.43 bits per heavy atom. The van der Waals surface area contributed by atoms with Crippen LogP contribution in [0.4, 0.5) is 4.39 Å². The van der Waals surface area contributed by atoms with Crippen LogP contribution in [0.3, 0.4) is 0 Å². The monoisotopic (exact) mass is 292 g/mol. The predicted octanol–water partition coefficient (Wildman–Crippen LogP) is 3.30. The summed E-state index contributed by atoms with van der Waals surface area (Å²) in [5, 5.41) is 12.7. The number of aromatic hydroxyl groups is 1. The number of H-pyrrole nitrogens is 1. The van der Waals surface area contributed by atoms with Crippen LogP contribution in [-0.2, 0) is 0 Å². The molecular weight excluding hydrogens is 271 g/mol. The van der Waals surface area contributed by atoms with Crippen LogP contribution in [0.1, 0.15) is 50.3 Å². The third-order valence-corrected chi connectivity index (χ3v) is 3.66. The highest BCUT2D eigenvalue weighted by atomic mass is 19.1. The molecular formula is C16H21FN2O2. The zero-order valence-corrected chi connectivity index (χ0v) is 12.2. The molecule has 114 valence electrons. The lowest BCUT2D eigenvalue weighted by Crippen LogP contribution is -2.26. The summed E-state index contributed by atoms with van der Waals surface area (Å²) in [6, 6.07) is 0.459. The van der Waals surface area contributed by atoms with Crippen LogP contribution in [0.15, 0.2) is 23.0 Å². The van der Waals surface area contributed by atoms with E-state index in [0.29, 0.717) is 11.7 Å². The molecule has 0 saturated heterocycles. The molecule has 0 aromatic carbocycles. The molecule has 3 N–H and O–H groups in total. The zero-order chi connectivity index (χ0) is 15.2. The lowest BCUT2D eigenvalue weighted by atomic mass is 9.96. The normalized spacial score (nSPS) is 17.3. The number of hydrogen-bond donors (Lipinski definition) is 3. The first kappa shape index (κ1) is 15.4. The third kappa shape index (κ3) is 4.21. The van der Waals surface area contributed by atoms with Gasteiger partial charge in [-0.15, -0.1) is 0 Å². The van der Waals surface area contributed by atoms with Gasteiger partial charge in [0, 0.05) is 12.2 Å². The number of allylic oxidation sites excluding steroid dienone is 1. The molecule has 0 spiro atoms. The minimum Gasteiger partial charge on any atom is -0.503 e. The van der Waals surface area contributed by atoms with Gasteiger partial charge in [0.15, 0.2) is 5.75 Å². The highest BCUT2D eigenvalue weighted by Crippen LogP contribution is 2.18. The summed E-state index contributed by atoms with van der Waals surface area (Å²) in [5.74, 6) is -0.902. The molecule has 1 heterocycles. The van der Waals surface area contributed by atoms with E-state index in [9.17, 15) is 14.3 Å². The fourth-order valence-electron chi connectivity index (χ4n) is 2.57. The second-order valence-electron chi connectivity index (χ2n) is 5.40. The molecule has 0 atom stereocenters. The van der Waals surface area contributed by atoms with Gasteiger partial charge in [-0.2, -0.15) is 0 Å². The quantitative estimate of drug-likeness (QED) is 0.797. The lowest BCUT2D eigenvalue weighted by molar-refractivity contribution is 0.405. The van der Waals surface area contributed by atoms with E-state index in [1.165, 1.54) is 32.4 Å². The average molecular weight is 292 g/mol. The number of aromatic nitrogens is 1. The minimum absolute atomic E-state index is 0.122. The van der Waals surface area contributed by atoms with Gasteiger partial charge in [0.05, 0.1) is 17.1 Å². The predicted molar refractivity (Wildman–Crippen MR) is 82.5 cm³/mol.